The predicted octanol–water partition coefficient (Wildman–Crippen LogP) is 2.26. The van der Waals surface area contributed by atoms with Crippen molar-refractivity contribution in [1.82, 2.24) is 24.8 Å². The maximum absolute atomic E-state index is 13.7. The van der Waals surface area contributed by atoms with E-state index in [1.165, 1.54) is 18.3 Å². The van der Waals surface area contributed by atoms with E-state index in [0.29, 0.717) is 48.3 Å². The van der Waals surface area contributed by atoms with Gasteiger partial charge in [0.15, 0.2) is 5.82 Å². The van der Waals surface area contributed by atoms with Crippen LogP contribution in [0, 0.1) is 17.2 Å². The van der Waals surface area contributed by atoms with Gasteiger partial charge < -0.3 is 34.6 Å². The Bertz CT molecular complexity index is 1400. The minimum absolute atomic E-state index is 0.0542. The molecule has 12 nitrogen and oxygen atoms in total. The number of nitrogens with two attached hydrogens (primary N) is 1. The Kier molecular flexibility index (Phi) is 8.02. The molecule has 1 amide bonds. The molecule has 2 aliphatic rings. The third-order valence-electron chi connectivity index (χ3n) is 6.94. The van der Waals surface area contributed by atoms with Gasteiger partial charge in [0.25, 0.3) is 5.91 Å². The van der Waals surface area contributed by atoms with Gasteiger partial charge in [0.1, 0.15) is 17.8 Å². The molecule has 0 atom stereocenters. The zero-order valence-corrected chi connectivity index (χ0v) is 23.2. The standard InChI is InChI=1S/C28H33FN6O6/c1-27(25(37)39-14-17-4-5-17)15-40-28(23(30)36,41-16-27)24-33-21(18-6-8-19(29)9-7-18)22(34-24)20-10-11-31-26(32-20)38-13-12-35(2)3/h6-11,17H,4-5,12-16H2,1-3H3,(H2,30,36)(H,33,34). The number of carbonyl (C=O) groups is 2. The maximum atomic E-state index is 13.7. The van der Waals surface area contributed by atoms with Crippen molar-refractivity contribution >= 4 is 11.9 Å². The van der Waals surface area contributed by atoms with Gasteiger partial charge in [-0.2, -0.15) is 4.98 Å². The first-order valence-electron chi connectivity index (χ1n) is 13.3. The molecule has 41 heavy (non-hydrogen) atoms. The number of likely N-dealkylation sites (N-methyl/N-ethyl adjacent to an activating group) is 1. The van der Waals surface area contributed by atoms with Crippen molar-refractivity contribution in [2.75, 3.05) is 47.1 Å². The summed E-state index contributed by atoms with van der Waals surface area (Å²) < 4.78 is 36.7. The lowest BCUT2D eigenvalue weighted by atomic mass is 9.91. The fraction of sp³-hybridized carbons (Fsp3) is 0.464. The number of carbonyl (C=O) groups excluding carboxylic acids is 2. The van der Waals surface area contributed by atoms with Gasteiger partial charge in [-0.15, -0.1) is 0 Å². The summed E-state index contributed by atoms with van der Waals surface area (Å²) >= 11 is 0. The molecule has 3 heterocycles. The minimum Gasteiger partial charge on any atom is -0.465 e. The molecule has 13 heteroatoms. The first kappa shape index (κ1) is 28.6. The molecule has 5 rings (SSSR count). The number of halogens is 1. The van der Waals surface area contributed by atoms with Crippen molar-refractivity contribution in [3.63, 3.8) is 0 Å². The number of nitrogens with zero attached hydrogens (tertiary/aromatic N) is 4. The molecule has 2 aromatic heterocycles. The van der Waals surface area contributed by atoms with Crippen molar-refractivity contribution in [2.24, 2.45) is 17.1 Å². The molecular formula is C28H33FN6O6. The van der Waals surface area contributed by atoms with Gasteiger partial charge >= 0.3 is 17.8 Å². The second-order valence-corrected chi connectivity index (χ2v) is 10.9. The lowest BCUT2D eigenvalue weighted by Crippen LogP contribution is -2.56. The summed E-state index contributed by atoms with van der Waals surface area (Å²) in [4.78, 5) is 44.0. The number of nitrogens with one attached hydrogen (secondary N) is 1. The summed E-state index contributed by atoms with van der Waals surface area (Å²) in [5, 5.41) is 0. The van der Waals surface area contributed by atoms with Crippen LogP contribution >= 0.6 is 0 Å². The van der Waals surface area contributed by atoms with Crippen molar-refractivity contribution in [2.45, 2.75) is 25.6 Å². The highest BCUT2D eigenvalue weighted by atomic mass is 19.1. The van der Waals surface area contributed by atoms with Crippen molar-refractivity contribution in [1.29, 1.82) is 0 Å². The molecule has 1 aliphatic heterocycles. The van der Waals surface area contributed by atoms with Crippen molar-refractivity contribution in [3.8, 4) is 28.7 Å². The number of hydrogen-bond acceptors (Lipinski definition) is 10. The van der Waals surface area contributed by atoms with E-state index in [9.17, 15) is 14.0 Å². The van der Waals surface area contributed by atoms with Gasteiger partial charge in [-0.05, 0) is 70.1 Å². The van der Waals surface area contributed by atoms with Gasteiger partial charge in [-0.25, -0.2) is 14.4 Å². The van der Waals surface area contributed by atoms with E-state index in [1.807, 2.05) is 19.0 Å². The van der Waals surface area contributed by atoms with Crippen LogP contribution in [0.5, 0.6) is 6.01 Å². The van der Waals surface area contributed by atoms with Crippen LogP contribution in [0.1, 0.15) is 25.6 Å². The Balaban J connectivity index is 1.47. The van der Waals surface area contributed by atoms with Crippen LogP contribution in [-0.2, 0) is 29.6 Å². The fourth-order valence-electron chi connectivity index (χ4n) is 4.17. The number of imidazole rings is 1. The van der Waals surface area contributed by atoms with Crippen LogP contribution in [0.4, 0.5) is 4.39 Å². The summed E-state index contributed by atoms with van der Waals surface area (Å²) in [7, 11) is 3.84. The SMILES string of the molecule is CN(C)CCOc1nccc(-c2[nH]c(C3(C(N)=O)OCC(C)(C(=O)OCC4CC4)CO3)nc2-c2ccc(F)cc2)n1. The molecule has 1 saturated carbocycles. The first-order valence-corrected chi connectivity index (χ1v) is 13.3. The Morgan fingerprint density at radius 1 is 1.15 bits per heavy atom. The van der Waals surface area contributed by atoms with E-state index in [1.54, 1.807) is 25.1 Å². The molecular weight excluding hydrogens is 535 g/mol. The average molecular weight is 569 g/mol. The molecule has 1 aliphatic carbocycles. The topological polar surface area (TPSA) is 155 Å². The third kappa shape index (κ3) is 6.21. The van der Waals surface area contributed by atoms with Gasteiger partial charge in [-0.3, -0.25) is 9.59 Å². The van der Waals surface area contributed by atoms with Crippen LogP contribution < -0.4 is 10.5 Å². The molecule has 218 valence electrons. The van der Waals surface area contributed by atoms with E-state index >= 15 is 0 Å². The Labute approximate surface area is 236 Å². The maximum Gasteiger partial charge on any atom is 0.316 e. The van der Waals surface area contributed by atoms with Gasteiger partial charge in [0.2, 0.25) is 0 Å². The van der Waals surface area contributed by atoms with Crippen LogP contribution in [0.2, 0.25) is 0 Å². The Hall–Kier alpha value is -3.94. The molecule has 0 unspecified atom stereocenters. The van der Waals surface area contributed by atoms with E-state index in [0.717, 1.165) is 12.8 Å². The second-order valence-electron chi connectivity index (χ2n) is 10.9. The lowest BCUT2D eigenvalue weighted by molar-refractivity contribution is -0.293. The average Bonchev–Trinajstić information content (AvgIpc) is 3.68. The predicted molar refractivity (Wildman–Crippen MR) is 144 cm³/mol. The molecule has 0 bridgehead atoms. The van der Waals surface area contributed by atoms with E-state index in [4.69, 9.17) is 24.7 Å². The number of amides is 1. The number of hydrogen-bond donors (Lipinski definition) is 2. The number of esters is 1. The summed E-state index contributed by atoms with van der Waals surface area (Å²) in [6, 6.07) is 7.44. The van der Waals surface area contributed by atoms with Crippen LogP contribution in [0.25, 0.3) is 22.6 Å². The van der Waals surface area contributed by atoms with Gasteiger partial charge in [0.05, 0.1) is 36.9 Å². The molecule has 1 aromatic carbocycles. The third-order valence-corrected chi connectivity index (χ3v) is 6.94. The molecule has 0 spiro atoms. The van der Waals surface area contributed by atoms with E-state index < -0.39 is 28.9 Å². The van der Waals surface area contributed by atoms with Crippen molar-refractivity contribution < 1.29 is 32.9 Å². The molecule has 0 radical (unpaired) electrons. The van der Waals surface area contributed by atoms with Gasteiger partial charge in [0, 0.05) is 18.3 Å². The fourth-order valence-corrected chi connectivity index (χ4v) is 4.17. The Morgan fingerprint density at radius 3 is 2.49 bits per heavy atom. The highest BCUT2D eigenvalue weighted by Gasteiger charge is 2.54. The number of rotatable bonds is 11. The molecule has 1 saturated heterocycles. The van der Waals surface area contributed by atoms with Crippen LogP contribution in [-0.4, -0.2) is 83.8 Å². The summed E-state index contributed by atoms with van der Waals surface area (Å²) in [6.45, 7) is 2.62. The van der Waals surface area contributed by atoms with Crippen molar-refractivity contribution in [3.05, 3.63) is 48.2 Å². The Morgan fingerprint density at radius 2 is 1.85 bits per heavy atom. The smallest absolute Gasteiger partial charge is 0.316 e. The van der Waals surface area contributed by atoms with Crippen LogP contribution in [0.3, 0.4) is 0 Å². The number of ether oxygens (including phenoxy) is 4. The lowest BCUT2D eigenvalue weighted by Gasteiger charge is -2.40. The van der Waals surface area contributed by atoms with E-state index in [2.05, 4.69) is 19.9 Å². The van der Waals surface area contributed by atoms with Crippen LogP contribution in [0.15, 0.2) is 36.5 Å². The zero-order valence-electron chi connectivity index (χ0n) is 23.2. The largest absolute Gasteiger partial charge is 0.465 e. The molecule has 2 fully saturated rings. The second kappa shape index (κ2) is 11.5. The number of primary amides is 1. The number of aromatic amines is 1. The normalized spacial score (nSPS) is 22.5. The summed E-state index contributed by atoms with van der Waals surface area (Å²) in [6.07, 6.45) is 3.60. The quantitative estimate of drug-likeness (QED) is 0.329. The molecule has 3 aromatic rings. The van der Waals surface area contributed by atoms with E-state index in [-0.39, 0.29) is 25.0 Å². The highest BCUT2D eigenvalue weighted by molar-refractivity contribution is 5.85. The molecule has 3 N–H and O–H groups in total. The number of benzene rings is 1. The highest BCUT2D eigenvalue weighted by Crippen LogP contribution is 2.40. The summed E-state index contributed by atoms with van der Waals surface area (Å²) in [5.74, 6) is -3.65. The zero-order chi connectivity index (χ0) is 29.2. The number of aromatic nitrogens is 4. The number of H-pyrrole nitrogens is 1. The minimum atomic E-state index is -2.12. The summed E-state index contributed by atoms with van der Waals surface area (Å²) in [5.41, 5.74) is 6.28. The first-order chi connectivity index (χ1) is 19.6. The van der Waals surface area contributed by atoms with Gasteiger partial charge in [-0.1, -0.05) is 0 Å². The monoisotopic (exact) mass is 568 g/mol.